The summed E-state index contributed by atoms with van der Waals surface area (Å²) in [6.45, 7) is 1.04. The number of ether oxygens (including phenoxy) is 2. The lowest BCUT2D eigenvalue weighted by Crippen LogP contribution is -2.51. The van der Waals surface area contributed by atoms with E-state index in [2.05, 4.69) is 0 Å². The number of primary amides is 1. The van der Waals surface area contributed by atoms with E-state index in [1.807, 2.05) is 0 Å². The van der Waals surface area contributed by atoms with E-state index >= 15 is 0 Å². The maximum absolute atomic E-state index is 13.4. The predicted octanol–water partition coefficient (Wildman–Crippen LogP) is 1.98. The summed E-state index contributed by atoms with van der Waals surface area (Å²) in [7, 11) is -4.65. The monoisotopic (exact) mass is 462 g/mol. The fourth-order valence-corrected chi connectivity index (χ4v) is 5.68. The first-order chi connectivity index (χ1) is 14.4. The van der Waals surface area contributed by atoms with E-state index in [1.165, 1.54) is 0 Å². The van der Waals surface area contributed by atoms with E-state index in [4.69, 9.17) is 20.5 Å². The normalized spacial score (nSPS) is 23.8. The smallest absolute Gasteiger partial charge is 0.417 e. The molecular weight excluding hydrogens is 441 g/mol. The lowest BCUT2D eigenvalue weighted by molar-refractivity contribution is -0.168. The van der Waals surface area contributed by atoms with Crippen molar-refractivity contribution in [3.63, 3.8) is 0 Å². The summed E-state index contributed by atoms with van der Waals surface area (Å²) in [5.41, 5.74) is 1.82. The van der Waals surface area contributed by atoms with Crippen LogP contribution in [-0.2, 0) is 35.1 Å². The van der Waals surface area contributed by atoms with E-state index in [9.17, 15) is 31.2 Å². The van der Waals surface area contributed by atoms with Crippen LogP contribution in [0.3, 0.4) is 0 Å². The summed E-state index contributed by atoms with van der Waals surface area (Å²) in [6, 6.07) is 5.20. The minimum Gasteiger partial charge on any atom is -0.449 e. The third-order valence-electron chi connectivity index (χ3n) is 5.11. The van der Waals surface area contributed by atoms with Gasteiger partial charge >= 0.3 is 12.1 Å². The number of esters is 1. The van der Waals surface area contributed by atoms with Gasteiger partial charge in [-0.3, -0.25) is 9.59 Å². The van der Waals surface area contributed by atoms with Crippen LogP contribution in [0, 0.1) is 16.7 Å². The number of amides is 1. The Morgan fingerprint density at radius 1 is 1.32 bits per heavy atom. The van der Waals surface area contributed by atoms with Crippen molar-refractivity contribution in [1.29, 1.82) is 5.26 Å². The maximum Gasteiger partial charge on any atom is 0.417 e. The van der Waals surface area contributed by atoms with Crippen LogP contribution < -0.4 is 5.73 Å². The van der Waals surface area contributed by atoms with Crippen molar-refractivity contribution in [2.45, 2.75) is 48.6 Å². The van der Waals surface area contributed by atoms with E-state index < -0.39 is 74.6 Å². The quantitative estimate of drug-likeness (QED) is 0.461. The van der Waals surface area contributed by atoms with Crippen molar-refractivity contribution in [3.05, 3.63) is 29.8 Å². The van der Waals surface area contributed by atoms with Gasteiger partial charge in [-0.15, -0.1) is 0 Å². The standard InChI is InChI=1S/C19H21F3N2O6S/c1-2-8-29-15-10-12(11-18(15,16(24)25)17(26)30-9-7-23)31(27,28)14-6-4-3-5-13(14)19(20,21)22/h3-6,12,15H,2,8-11H2,1H3,(H2,24,25). The summed E-state index contributed by atoms with van der Waals surface area (Å²) in [6.07, 6.45) is -7.00. The maximum atomic E-state index is 13.4. The summed E-state index contributed by atoms with van der Waals surface area (Å²) in [5.74, 6) is -2.48. The topological polar surface area (TPSA) is 137 Å². The van der Waals surface area contributed by atoms with Crippen LogP contribution in [-0.4, -0.2) is 44.9 Å². The third kappa shape index (κ3) is 4.67. The molecule has 170 valence electrons. The third-order valence-corrected chi connectivity index (χ3v) is 7.31. The van der Waals surface area contributed by atoms with Gasteiger partial charge in [0.1, 0.15) is 6.07 Å². The Morgan fingerprint density at radius 3 is 2.52 bits per heavy atom. The molecule has 2 N–H and O–H groups in total. The fraction of sp³-hybridized carbons (Fsp3) is 0.526. The Kier molecular flexibility index (Phi) is 7.33. The molecule has 0 bridgehead atoms. The van der Waals surface area contributed by atoms with E-state index in [0.717, 1.165) is 18.2 Å². The molecule has 0 heterocycles. The molecule has 0 radical (unpaired) electrons. The van der Waals surface area contributed by atoms with Crippen LogP contribution in [0.15, 0.2) is 29.2 Å². The zero-order valence-electron chi connectivity index (χ0n) is 16.5. The summed E-state index contributed by atoms with van der Waals surface area (Å²) in [4.78, 5) is 24.0. The number of halogens is 3. The number of benzene rings is 1. The molecule has 1 aliphatic rings. The average Bonchev–Trinajstić information content (AvgIpc) is 3.11. The molecule has 1 aliphatic carbocycles. The summed E-state index contributed by atoms with van der Waals surface area (Å²) in [5, 5.41) is 7.08. The number of nitrogens with zero attached hydrogens (tertiary/aromatic N) is 1. The lowest BCUT2D eigenvalue weighted by atomic mass is 9.83. The Morgan fingerprint density at radius 2 is 1.97 bits per heavy atom. The van der Waals surface area contributed by atoms with Gasteiger partial charge < -0.3 is 15.2 Å². The number of alkyl halides is 3. The SMILES string of the molecule is CCCOC1CC(S(=O)(=O)c2ccccc2C(F)(F)F)CC1(C(N)=O)C(=O)OCC#N. The number of nitriles is 1. The van der Waals surface area contributed by atoms with Crippen molar-refractivity contribution in [3.8, 4) is 6.07 Å². The lowest BCUT2D eigenvalue weighted by Gasteiger charge is -2.29. The highest BCUT2D eigenvalue weighted by Crippen LogP contribution is 2.47. The number of carbonyl (C=O) groups is 2. The average molecular weight is 462 g/mol. The largest absolute Gasteiger partial charge is 0.449 e. The number of hydrogen-bond donors (Lipinski definition) is 1. The van der Waals surface area contributed by atoms with Crippen molar-refractivity contribution < 1.29 is 40.7 Å². The molecule has 0 aliphatic heterocycles. The zero-order valence-corrected chi connectivity index (χ0v) is 17.3. The molecule has 0 spiro atoms. The van der Waals surface area contributed by atoms with Gasteiger partial charge in [0.05, 0.1) is 21.8 Å². The number of carbonyl (C=O) groups excluding carboxylic acids is 2. The Hall–Kier alpha value is -2.65. The van der Waals surface area contributed by atoms with Crippen molar-refractivity contribution in [1.82, 2.24) is 0 Å². The highest BCUT2D eigenvalue weighted by molar-refractivity contribution is 7.92. The molecule has 1 saturated carbocycles. The molecule has 12 heteroatoms. The van der Waals surface area contributed by atoms with Gasteiger partial charge in [-0.05, 0) is 31.4 Å². The molecule has 1 fully saturated rings. The predicted molar refractivity (Wildman–Crippen MR) is 99.9 cm³/mol. The molecule has 1 aromatic rings. The fourth-order valence-electron chi connectivity index (χ4n) is 3.65. The van der Waals surface area contributed by atoms with Crippen molar-refractivity contribution in [2.24, 2.45) is 11.1 Å². The van der Waals surface area contributed by atoms with Gasteiger partial charge in [-0.25, -0.2) is 8.42 Å². The minimum atomic E-state index is -4.94. The van der Waals surface area contributed by atoms with Crippen LogP contribution in [0.25, 0.3) is 0 Å². The molecule has 2 rings (SSSR count). The van der Waals surface area contributed by atoms with Gasteiger partial charge in [-0.2, -0.15) is 18.4 Å². The Labute approximate surface area is 177 Å². The van der Waals surface area contributed by atoms with Gasteiger partial charge in [-0.1, -0.05) is 19.1 Å². The molecule has 3 atom stereocenters. The number of sulfone groups is 1. The molecular formula is C19H21F3N2O6S. The van der Waals surface area contributed by atoms with Gasteiger partial charge in [0, 0.05) is 6.61 Å². The van der Waals surface area contributed by atoms with Gasteiger partial charge in [0.2, 0.25) is 5.91 Å². The number of hydrogen-bond acceptors (Lipinski definition) is 7. The second kappa shape index (κ2) is 9.23. The van der Waals surface area contributed by atoms with Crippen LogP contribution in [0.1, 0.15) is 31.7 Å². The van der Waals surface area contributed by atoms with Crippen molar-refractivity contribution >= 4 is 21.7 Å². The van der Waals surface area contributed by atoms with Crippen LogP contribution in [0.2, 0.25) is 0 Å². The molecule has 1 aromatic carbocycles. The molecule has 3 unspecified atom stereocenters. The van der Waals surface area contributed by atoms with Crippen LogP contribution >= 0.6 is 0 Å². The zero-order chi connectivity index (χ0) is 23.4. The highest BCUT2D eigenvalue weighted by atomic mass is 32.2. The summed E-state index contributed by atoms with van der Waals surface area (Å²) >= 11 is 0. The second-order valence-electron chi connectivity index (χ2n) is 7.03. The van der Waals surface area contributed by atoms with E-state index in [0.29, 0.717) is 12.5 Å². The molecule has 1 amide bonds. The van der Waals surface area contributed by atoms with Gasteiger partial charge in [0.15, 0.2) is 21.9 Å². The number of rotatable bonds is 8. The first-order valence-corrected chi connectivity index (χ1v) is 10.8. The first kappa shape index (κ1) is 24.6. The molecule has 8 nitrogen and oxygen atoms in total. The van der Waals surface area contributed by atoms with Gasteiger partial charge in [0.25, 0.3) is 0 Å². The highest BCUT2D eigenvalue weighted by Gasteiger charge is 2.62. The van der Waals surface area contributed by atoms with E-state index in [1.54, 1.807) is 13.0 Å². The first-order valence-electron chi connectivity index (χ1n) is 9.28. The Bertz CT molecular complexity index is 989. The second-order valence-corrected chi connectivity index (χ2v) is 9.23. The van der Waals surface area contributed by atoms with Crippen LogP contribution in [0.4, 0.5) is 13.2 Å². The Balaban J connectivity index is 2.56. The summed E-state index contributed by atoms with van der Waals surface area (Å²) < 4.78 is 76.7. The molecule has 31 heavy (non-hydrogen) atoms. The minimum absolute atomic E-state index is 0.0388. The molecule has 0 aromatic heterocycles. The van der Waals surface area contributed by atoms with Crippen LogP contribution in [0.5, 0.6) is 0 Å². The van der Waals surface area contributed by atoms with E-state index in [-0.39, 0.29) is 6.61 Å². The molecule has 0 saturated heterocycles. The van der Waals surface area contributed by atoms with Crippen molar-refractivity contribution in [2.75, 3.05) is 13.2 Å². The number of nitrogens with two attached hydrogens (primary N) is 1.